The Morgan fingerprint density at radius 2 is 1.45 bits per heavy atom. The number of rotatable bonds is 12. The number of anilines is 1. The van der Waals surface area contributed by atoms with Crippen LogP contribution in [0.25, 0.3) is 0 Å². The van der Waals surface area contributed by atoms with Gasteiger partial charge in [0.2, 0.25) is 5.91 Å². The third-order valence-electron chi connectivity index (χ3n) is 4.03. The lowest BCUT2D eigenvalue weighted by atomic mass is 10.1. The van der Waals surface area contributed by atoms with Crippen molar-refractivity contribution in [1.82, 2.24) is 0 Å². The van der Waals surface area contributed by atoms with E-state index in [0.717, 1.165) is 18.5 Å². The highest BCUT2D eigenvalue weighted by molar-refractivity contribution is 5.90. The number of nitrogens with one attached hydrogen (secondary N) is 1. The van der Waals surface area contributed by atoms with Crippen molar-refractivity contribution in [3.05, 3.63) is 36.8 Å². The van der Waals surface area contributed by atoms with Crippen molar-refractivity contribution in [1.29, 1.82) is 0 Å². The van der Waals surface area contributed by atoms with Crippen molar-refractivity contribution >= 4 is 11.6 Å². The molecule has 0 saturated heterocycles. The van der Waals surface area contributed by atoms with E-state index in [1.807, 2.05) is 24.3 Å². The molecule has 2 heteroatoms. The van der Waals surface area contributed by atoms with Gasteiger partial charge in [-0.05, 0) is 37.5 Å². The summed E-state index contributed by atoms with van der Waals surface area (Å²) in [7, 11) is 0. The van der Waals surface area contributed by atoms with Gasteiger partial charge in [-0.1, -0.05) is 70.4 Å². The van der Waals surface area contributed by atoms with Crippen molar-refractivity contribution in [2.75, 3.05) is 5.32 Å². The summed E-state index contributed by atoms with van der Waals surface area (Å²) in [6.07, 6.45) is 13.0. The van der Waals surface area contributed by atoms with Gasteiger partial charge in [-0.15, -0.1) is 0 Å². The summed E-state index contributed by atoms with van der Waals surface area (Å²) in [4.78, 5) is 11.9. The predicted octanol–water partition coefficient (Wildman–Crippen LogP) is 5.92. The van der Waals surface area contributed by atoms with Gasteiger partial charge in [0.25, 0.3) is 0 Å². The van der Waals surface area contributed by atoms with Crippen molar-refractivity contribution in [2.45, 2.75) is 77.6 Å². The quantitative estimate of drug-likeness (QED) is 0.477. The zero-order valence-corrected chi connectivity index (χ0v) is 14.2. The van der Waals surface area contributed by atoms with Crippen LogP contribution in [0.5, 0.6) is 0 Å². The Morgan fingerprint density at radius 3 is 2.00 bits per heavy atom. The normalized spacial score (nSPS) is 10.6. The van der Waals surface area contributed by atoms with Crippen LogP contribution in [0.1, 0.15) is 76.7 Å². The number of carbonyl (C=O) groups is 1. The van der Waals surface area contributed by atoms with E-state index in [1.165, 1.54) is 56.9 Å². The molecule has 1 amide bonds. The third-order valence-corrected chi connectivity index (χ3v) is 4.03. The molecule has 1 radical (unpaired) electrons. The second-order valence-corrected chi connectivity index (χ2v) is 6.07. The maximum absolute atomic E-state index is 11.9. The Kier molecular flexibility index (Phi) is 10.4. The predicted molar refractivity (Wildman–Crippen MR) is 96.0 cm³/mol. The van der Waals surface area contributed by atoms with Crippen LogP contribution in [0.4, 0.5) is 5.69 Å². The SMILES string of the molecule is [CH2]Cc1ccc(NC(=O)CCCCCCCCCCC)cc1. The first-order chi connectivity index (χ1) is 10.8. The molecule has 2 nitrogen and oxygen atoms in total. The third kappa shape index (κ3) is 8.86. The van der Waals surface area contributed by atoms with E-state index in [9.17, 15) is 4.79 Å². The molecule has 0 fully saturated rings. The minimum absolute atomic E-state index is 0.130. The molecule has 1 N–H and O–H groups in total. The Morgan fingerprint density at radius 1 is 0.909 bits per heavy atom. The van der Waals surface area contributed by atoms with E-state index in [1.54, 1.807) is 0 Å². The van der Waals surface area contributed by atoms with Crippen LogP contribution in [0.15, 0.2) is 24.3 Å². The first-order valence-electron chi connectivity index (χ1n) is 8.94. The summed E-state index contributed by atoms with van der Waals surface area (Å²) in [6.45, 7) is 6.10. The first kappa shape index (κ1) is 18.7. The molecule has 0 aliphatic carbocycles. The Bertz CT molecular complexity index is 397. The van der Waals surface area contributed by atoms with E-state index in [4.69, 9.17) is 0 Å². The standard InChI is InChI=1S/C20H32NO/c1-3-5-6-7-8-9-10-11-12-13-20(22)21-19-16-14-18(4-2)15-17-19/h14-17H,2-13H2,1H3,(H,21,22). The maximum atomic E-state index is 11.9. The molecule has 1 aromatic rings. The van der Waals surface area contributed by atoms with Crippen molar-refractivity contribution in [3.8, 4) is 0 Å². The monoisotopic (exact) mass is 302 g/mol. The zero-order chi connectivity index (χ0) is 16.0. The summed E-state index contributed by atoms with van der Waals surface area (Å²) in [5.74, 6) is 0.130. The van der Waals surface area contributed by atoms with Gasteiger partial charge in [0, 0.05) is 12.1 Å². The van der Waals surface area contributed by atoms with Gasteiger partial charge in [-0.3, -0.25) is 4.79 Å². The van der Waals surface area contributed by atoms with Crippen molar-refractivity contribution < 1.29 is 4.79 Å². The zero-order valence-electron chi connectivity index (χ0n) is 14.2. The molecule has 0 atom stereocenters. The molecule has 0 aromatic heterocycles. The van der Waals surface area contributed by atoms with Crippen molar-refractivity contribution in [2.24, 2.45) is 0 Å². The number of unbranched alkanes of at least 4 members (excludes halogenated alkanes) is 8. The number of carbonyl (C=O) groups excluding carboxylic acids is 1. The number of benzene rings is 1. The molecule has 0 heterocycles. The second-order valence-electron chi connectivity index (χ2n) is 6.07. The average Bonchev–Trinajstić information content (AvgIpc) is 2.54. The number of amides is 1. The second kappa shape index (κ2) is 12.3. The van der Waals surface area contributed by atoms with E-state index >= 15 is 0 Å². The minimum atomic E-state index is 0.130. The molecule has 1 aromatic carbocycles. The Hall–Kier alpha value is -1.31. The van der Waals surface area contributed by atoms with Crippen LogP contribution < -0.4 is 5.32 Å². The molecule has 0 bridgehead atoms. The number of hydrogen-bond acceptors (Lipinski definition) is 1. The molecule has 0 aliphatic rings. The van der Waals surface area contributed by atoms with Crippen LogP contribution in [-0.4, -0.2) is 5.91 Å². The van der Waals surface area contributed by atoms with E-state index < -0.39 is 0 Å². The minimum Gasteiger partial charge on any atom is -0.326 e. The highest BCUT2D eigenvalue weighted by atomic mass is 16.1. The van der Waals surface area contributed by atoms with Gasteiger partial charge in [0.1, 0.15) is 0 Å². The highest BCUT2D eigenvalue weighted by Crippen LogP contribution is 2.13. The molecular formula is C20H32NO. The van der Waals surface area contributed by atoms with E-state index in [-0.39, 0.29) is 5.91 Å². The lowest BCUT2D eigenvalue weighted by Gasteiger charge is -2.06. The van der Waals surface area contributed by atoms with E-state index in [0.29, 0.717) is 6.42 Å². The molecule has 22 heavy (non-hydrogen) atoms. The Balaban J connectivity index is 2.01. The average molecular weight is 302 g/mol. The fraction of sp³-hybridized carbons (Fsp3) is 0.600. The number of hydrogen-bond donors (Lipinski definition) is 1. The lowest BCUT2D eigenvalue weighted by Crippen LogP contribution is -2.10. The van der Waals surface area contributed by atoms with Crippen LogP contribution in [-0.2, 0) is 11.2 Å². The summed E-state index contributed by atoms with van der Waals surface area (Å²) in [6, 6.07) is 7.94. The Labute approximate surface area is 136 Å². The van der Waals surface area contributed by atoms with Crippen LogP contribution in [0, 0.1) is 6.92 Å². The summed E-state index contributed by atoms with van der Waals surface area (Å²) >= 11 is 0. The van der Waals surface area contributed by atoms with Gasteiger partial charge in [-0.25, -0.2) is 0 Å². The summed E-state index contributed by atoms with van der Waals surface area (Å²) < 4.78 is 0. The van der Waals surface area contributed by atoms with Crippen LogP contribution >= 0.6 is 0 Å². The first-order valence-corrected chi connectivity index (χ1v) is 8.94. The van der Waals surface area contributed by atoms with Gasteiger partial charge >= 0.3 is 0 Å². The molecule has 123 valence electrons. The summed E-state index contributed by atoms with van der Waals surface area (Å²) in [5, 5.41) is 2.96. The van der Waals surface area contributed by atoms with Crippen LogP contribution in [0.2, 0.25) is 0 Å². The van der Waals surface area contributed by atoms with Crippen molar-refractivity contribution in [3.63, 3.8) is 0 Å². The molecule has 0 saturated carbocycles. The molecule has 1 rings (SSSR count). The van der Waals surface area contributed by atoms with Gasteiger partial charge in [0.15, 0.2) is 0 Å². The molecule has 0 aliphatic heterocycles. The fourth-order valence-electron chi connectivity index (χ4n) is 2.57. The maximum Gasteiger partial charge on any atom is 0.224 e. The molecule has 0 unspecified atom stereocenters. The molecule has 0 spiro atoms. The van der Waals surface area contributed by atoms with Gasteiger partial charge in [-0.2, -0.15) is 0 Å². The smallest absolute Gasteiger partial charge is 0.224 e. The summed E-state index contributed by atoms with van der Waals surface area (Å²) in [5.41, 5.74) is 2.08. The largest absolute Gasteiger partial charge is 0.326 e. The molecular weight excluding hydrogens is 270 g/mol. The van der Waals surface area contributed by atoms with Gasteiger partial charge < -0.3 is 5.32 Å². The fourth-order valence-corrected chi connectivity index (χ4v) is 2.57. The van der Waals surface area contributed by atoms with Crippen LogP contribution in [0.3, 0.4) is 0 Å². The highest BCUT2D eigenvalue weighted by Gasteiger charge is 2.02. The topological polar surface area (TPSA) is 29.1 Å². The lowest BCUT2D eigenvalue weighted by molar-refractivity contribution is -0.116. The van der Waals surface area contributed by atoms with Gasteiger partial charge in [0.05, 0.1) is 0 Å². The van der Waals surface area contributed by atoms with E-state index in [2.05, 4.69) is 19.2 Å².